The lowest BCUT2D eigenvalue weighted by molar-refractivity contribution is -0.161. The average Bonchev–Trinajstić information content (AvgIpc) is 3.13. The SMILES string of the molecule is CCCCCCC/C=C/CCCCCCCC(=O)O[C@H](COC(=O)CCC/C=C/C/C=C/C/C=C/CCCCCCCC)COP(=O)(O)OCCN. The van der Waals surface area contributed by atoms with E-state index in [0.717, 1.165) is 57.8 Å². The van der Waals surface area contributed by atoms with Gasteiger partial charge in [-0.1, -0.05) is 140 Å². The van der Waals surface area contributed by atoms with E-state index >= 15 is 0 Å². The van der Waals surface area contributed by atoms with E-state index in [1.165, 1.54) is 77.0 Å². The number of esters is 2. The molecule has 0 saturated carbocycles. The molecule has 10 heteroatoms. The molecule has 3 N–H and O–H groups in total. The largest absolute Gasteiger partial charge is 0.472 e. The summed E-state index contributed by atoms with van der Waals surface area (Å²) in [6, 6.07) is 0. The number of carbonyl (C=O) groups excluding carboxylic acids is 2. The van der Waals surface area contributed by atoms with Crippen LogP contribution in [0.15, 0.2) is 48.6 Å². The van der Waals surface area contributed by atoms with E-state index < -0.39 is 32.5 Å². The Labute approximate surface area is 317 Å². The molecule has 0 aliphatic rings. The van der Waals surface area contributed by atoms with Crippen LogP contribution < -0.4 is 5.73 Å². The molecule has 0 amide bonds. The number of ether oxygens (including phenoxy) is 2. The monoisotopic (exact) mass is 754 g/mol. The van der Waals surface area contributed by atoms with E-state index in [2.05, 4.69) is 62.5 Å². The topological polar surface area (TPSA) is 134 Å². The summed E-state index contributed by atoms with van der Waals surface area (Å²) >= 11 is 0. The fourth-order valence-corrected chi connectivity index (χ4v) is 6.11. The third-order valence-electron chi connectivity index (χ3n) is 8.44. The average molecular weight is 754 g/mol. The molecule has 0 saturated heterocycles. The molecule has 0 aromatic heterocycles. The van der Waals surface area contributed by atoms with E-state index in [-0.39, 0.29) is 32.6 Å². The molecule has 0 heterocycles. The van der Waals surface area contributed by atoms with Crippen molar-refractivity contribution in [2.24, 2.45) is 5.73 Å². The second-order valence-corrected chi connectivity index (χ2v) is 14.9. The summed E-state index contributed by atoms with van der Waals surface area (Å²) < 4.78 is 32.6. The van der Waals surface area contributed by atoms with E-state index in [4.69, 9.17) is 24.3 Å². The number of phosphoric ester groups is 1. The van der Waals surface area contributed by atoms with Crippen LogP contribution in [0.4, 0.5) is 0 Å². The standard InChI is InChI=1S/C42H76NO8P/c1-3-5-7-9-11-13-15-17-19-20-21-23-24-26-28-30-32-34-41(44)48-38-40(39-50-52(46,47)49-37-36-43)51-42(45)35-33-31-29-27-25-22-18-16-14-12-10-8-6-4-2/h16-19,21,23,26,28,40H,3-15,20,22,24-25,27,29-39,43H2,1-2H3,(H,46,47)/b18-16+,19-17+,23-21+,28-26+/t40-/m1/s1. The smallest absolute Gasteiger partial charge is 0.462 e. The zero-order valence-electron chi connectivity index (χ0n) is 33.0. The van der Waals surface area contributed by atoms with Crippen LogP contribution in [-0.4, -0.2) is 49.3 Å². The molecule has 2 atom stereocenters. The van der Waals surface area contributed by atoms with E-state index in [0.29, 0.717) is 12.8 Å². The predicted octanol–water partition coefficient (Wildman–Crippen LogP) is 11.6. The Kier molecular flexibility index (Phi) is 37.2. The van der Waals surface area contributed by atoms with Crippen LogP contribution in [0.1, 0.15) is 174 Å². The Morgan fingerprint density at radius 2 is 1.02 bits per heavy atom. The van der Waals surface area contributed by atoms with Gasteiger partial charge in [0.05, 0.1) is 13.2 Å². The van der Waals surface area contributed by atoms with Crippen molar-refractivity contribution in [3.8, 4) is 0 Å². The fourth-order valence-electron chi connectivity index (χ4n) is 5.35. The second-order valence-electron chi connectivity index (χ2n) is 13.5. The van der Waals surface area contributed by atoms with Gasteiger partial charge in [0.25, 0.3) is 0 Å². The molecule has 0 spiro atoms. The van der Waals surface area contributed by atoms with Crippen LogP contribution in [0.25, 0.3) is 0 Å². The zero-order valence-corrected chi connectivity index (χ0v) is 33.9. The minimum atomic E-state index is -4.39. The molecular formula is C42H76NO8P. The number of unbranched alkanes of at least 4 members (excludes halogenated alkanes) is 17. The van der Waals surface area contributed by atoms with Crippen LogP contribution >= 0.6 is 7.82 Å². The maximum atomic E-state index is 12.5. The number of phosphoric acid groups is 1. The Balaban J connectivity index is 4.29. The first-order chi connectivity index (χ1) is 25.3. The van der Waals surface area contributed by atoms with Crippen molar-refractivity contribution in [2.45, 2.75) is 180 Å². The van der Waals surface area contributed by atoms with Gasteiger partial charge in [0.1, 0.15) is 6.61 Å². The van der Waals surface area contributed by atoms with Gasteiger partial charge in [-0.05, 0) is 70.6 Å². The molecule has 0 fully saturated rings. The van der Waals surface area contributed by atoms with Crippen molar-refractivity contribution in [3.05, 3.63) is 48.6 Å². The summed E-state index contributed by atoms with van der Waals surface area (Å²) in [5.41, 5.74) is 5.33. The van der Waals surface area contributed by atoms with Gasteiger partial charge < -0.3 is 20.1 Å². The zero-order chi connectivity index (χ0) is 38.2. The lowest BCUT2D eigenvalue weighted by atomic mass is 10.1. The van der Waals surface area contributed by atoms with Gasteiger partial charge in [0.15, 0.2) is 6.10 Å². The van der Waals surface area contributed by atoms with Crippen LogP contribution in [0, 0.1) is 0 Å². The quantitative estimate of drug-likeness (QED) is 0.0273. The summed E-state index contributed by atoms with van der Waals surface area (Å²) in [6.45, 7) is 3.64. The van der Waals surface area contributed by atoms with Crippen molar-refractivity contribution in [1.29, 1.82) is 0 Å². The molecule has 0 bridgehead atoms. The summed E-state index contributed by atoms with van der Waals surface area (Å²) in [5.74, 6) is -0.902. The summed E-state index contributed by atoms with van der Waals surface area (Å²) in [5, 5.41) is 0. The number of hydrogen-bond donors (Lipinski definition) is 2. The van der Waals surface area contributed by atoms with Gasteiger partial charge in [-0.25, -0.2) is 4.57 Å². The molecule has 0 rings (SSSR count). The molecule has 0 radical (unpaired) electrons. The van der Waals surface area contributed by atoms with Crippen molar-refractivity contribution in [2.75, 3.05) is 26.4 Å². The Morgan fingerprint density at radius 3 is 1.56 bits per heavy atom. The predicted molar refractivity (Wildman–Crippen MR) is 215 cm³/mol. The second kappa shape index (κ2) is 38.7. The summed E-state index contributed by atoms with van der Waals surface area (Å²) in [6.07, 6.45) is 42.9. The van der Waals surface area contributed by atoms with E-state index in [1.54, 1.807) is 0 Å². The molecule has 0 aliphatic heterocycles. The van der Waals surface area contributed by atoms with Crippen molar-refractivity contribution < 1.29 is 37.6 Å². The highest BCUT2D eigenvalue weighted by atomic mass is 31.2. The van der Waals surface area contributed by atoms with Crippen LogP contribution in [0.2, 0.25) is 0 Å². The Morgan fingerprint density at radius 1 is 0.577 bits per heavy atom. The molecule has 1 unspecified atom stereocenters. The number of carbonyl (C=O) groups is 2. The van der Waals surface area contributed by atoms with E-state index in [1.807, 2.05) is 0 Å². The highest BCUT2D eigenvalue weighted by molar-refractivity contribution is 7.47. The van der Waals surface area contributed by atoms with Gasteiger partial charge in [0, 0.05) is 19.4 Å². The maximum absolute atomic E-state index is 12.5. The fraction of sp³-hybridized carbons (Fsp3) is 0.762. The highest BCUT2D eigenvalue weighted by Gasteiger charge is 2.25. The van der Waals surface area contributed by atoms with Gasteiger partial charge in [-0.3, -0.25) is 18.6 Å². The Bertz CT molecular complexity index is 996. The summed E-state index contributed by atoms with van der Waals surface area (Å²) in [7, 11) is -4.39. The maximum Gasteiger partial charge on any atom is 0.472 e. The highest BCUT2D eigenvalue weighted by Crippen LogP contribution is 2.43. The number of rotatable bonds is 38. The number of allylic oxidation sites excluding steroid dienone is 8. The lowest BCUT2D eigenvalue weighted by Crippen LogP contribution is -2.29. The molecule has 0 aliphatic carbocycles. The van der Waals surface area contributed by atoms with Crippen LogP contribution in [0.5, 0.6) is 0 Å². The first-order valence-electron chi connectivity index (χ1n) is 20.6. The van der Waals surface area contributed by atoms with Crippen LogP contribution in [0.3, 0.4) is 0 Å². The van der Waals surface area contributed by atoms with Gasteiger partial charge in [-0.2, -0.15) is 0 Å². The third-order valence-corrected chi connectivity index (χ3v) is 9.42. The third kappa shape index (κ3) is 37.7. The van der Waals surface area contributed by atoms with Crippen LogP contribution in [-0.2, 0) is 32.7 Å². The van der Waals surface area contributed by atoms with Gasteiger partial charge >= 0.3 is 19.8 Å². The lowest BCUT2D eigenvalue weighted by Gasteiger charge is -2.19. The minimum absolute atomic E-state index is 0.0444. The number of nitrogens with two attached hydrogens (primary N) is 1. The minimum Gasteiger partial charge on any atom is -0.462 e. The molecule has 302 valence electrons. The van der Waals surface area contributed by atoms with Crippen molar-refractivity contribution in [3.63, 3.8) is 0 Å². The molecule has 0 aromatic carbocycles. The number of hydrogen-bond acceptors (Lipinski definition) is 8. The van der Waals surface area contributed by atoms with Gasteiger partial charge in [-0.15, -0.1) is 0 Å². The first-order valence-corrected chi connectivity index (χ1v) is 22.1. The van der Waals surface area contributed by atoms with Gasteiger partial charge in [0.2, 0.25) is 0 Å². The molecule has 52 heavy (non-hydrogen) atoms. The van der Waals surface area contributed by atoms with E-state index in [9.17, 15) is 19.0 Å². The summed E-state index contributed by atoms with van der Waals surface area (Å²) in [4.78, 5) is 34.8. The Hall–Kier alpha value is -2.03. The normalized spacial score (nSPS) is 13.8. The van der Waals surface area contributed by atoms with Crippen molar-refractivity contribution in [1.82, 2.24) is 0 Å². The molecule has 9 nitrogen and oxygen atoms in total. The molecule has 0 aromatic rings. The molecular weight excluding hydrogens is 677 g/mol. The first kappa shape index (κ1) is 50.0. The van der Waals surface area contributed by atoms with Crippen molar-refractivity contribution >= 4 is 19.8 Å².